The Hall–Kier alpha value is -2.90. The van der Waals surface area contributed by atoms with Gasteiger partial charge in [0.15, 0.2) is 0 Å². The van der Waals surface area contributed by atoms with E-state index in [1.807, 2.05) is 35.7 Å². The predicted octanol–water partition coefficient (Wildman–Crippen LogP) is 4.35. The molecule has 0 unspecified atom stereocenters. The van der Waals surface area contributed by atoms with Gasteiger partial charge < -0.3 is 15.6 Å². The van der Waals surface area contributed by atoms with Crippen LogP contribution in [0.25, 0.3) is 11.0 Å². The molecule has 6 nitrogen and oxygen atoms in total. The molecule has 26 heavy (non-hydrogen) atoms. The Balaban J connectivity index is 1.51. The molecule has 0 aliphatic heterocycles. The Labute approximate surface area is 158 Å². The molecule has 0 saturated carbocycles. The van der Waals surface area contributed by atoms with Crippen molar-refractivity contribution in [1.82, 2.24) is 20.3 Å². The summed E-state index contributed by atoms with van der Waals surface area (Å²) in [4.78, 5) is 24.6. The number of halogens is 1. The standard InChI is InChI=1S/C18H14ClN5OS/c19-12-3-1-2-11(8-12)9-21-18(25)15-14(5-7-26-15)24-17-13-4-6-20-16(13)22-10-23-17/h1-8,10H,9H2,(H,21,25)(H2,20,22,23,24). The first-order valence-electron chi connectivity index (χ1n) is 7.86. The number of rotatable bonds is 5. The molecule has 0 fully saturated rings. The lowest BCUT2D eigenvalue weighted by molar-refractivity contribution is 0.0955. The van der Waals surface area contributed by atoms with Crippen molar-refractivity contribution in [3.8, 4) is 0 Å². The van der Waals surface area contributed by atoms with Gasteiger partial charge in [-0.3, -0.25) is 4.79 Å². The molecule has 3 heterocycles. The van der Waals surface area contributed by atoms with Crippen molar-refractivity contribution < 1.29 is 4.79 Å². The van der Waals surface area contributed by atoms with Crippen LogP contribution in [0.5, 0.6) is 0 Å². The number of carbonyl (C=O) groups excluding carboxylic acids is 1. The van der Waals surface area contributed by atoms with Crippen molar-refractivity contribution in [3.63, 3.8) is 0 Å². The highest BCUT2D eigenvalue weighted by Crippen LogP contribution is 2.28. The quantitative estimate of drug-likeness (QED) is 0.478. The Morgan fingerprint density at radius 2 is 2.15 bits per heavy atom. The zero-order chi connectivity index (χ0) is 17.9. The number of carbonyl (C=O) groups is 1. The number of nitrogens with zero attached hydrogens (tertiary/aromatic N) is 2. The van der Waals surface area contributed by atoms with E-state index < -0.39 is 0 Å². The van der Waals surface area contributed by atoms with Gasteiger partial charge in [-0.15, -0.1) is 11.3 Å². The minimum atomic E-state index is -0.151. The SMILES string of the molecule is O=C(NCc1cccc(Cl)c1)c1sccc1Nc1ncnc2[nH]ccc12. The lowest BCUT2D eigenvalue weighted by Crippen LogP contribution is -2.22. The number of H-pyrrole nitrogens is 1. The van der Waals surface area contributed by atoms with Gasteiger partial charge in [-0.2, -0.15) is 0 Å². The largest absolute Gasteiger partial charge is 0.347 e. The number of thiophene rings is 1. The Morgan fingerprint density at radius 1 is 1.23 bits per heavy atom. The fourth-order valence-corrected chi connectivity index (χ4v) is 3.57. The van der Waals surface area contributed by atoms with Gasteiger partial charge in [0.1, 0.15) is 22.7 Å². The van der Waals surface area contributed by atoms with Gasteiger partial charge in [0, 0.05) is 17.8 Å². The number of fused-ring (bicyclic) bond motifs is 1. The molecule has 0 aliphatic carbocycles. The van der Waals surface area contributed by atoms with Gasteiger partial charge in [-0.05, 0) is 35.2 Å². The van der Waals surface area contributed by atoms with Crippen molar-refractivity contribution in [2.75, 3.05) is 5.32 Å². The number of anilines is 2. The maximum atomic E-state index is 12.6. The topological polar surface area (TPSA) is 82.7 Å². The molecule has 0 saturated heterocycles. The van der Waals surface area contributed by atoms with E-state index in [0.717, 1.165) is 16.6 Å². The first-order chi connectivity index (χ1) is 12.7. The van der Waals surface area contributed by atoms with Gasteiger partial charge in [-0.25, -0.2) is 9.97 Å². The van der Waals surface area contributed by atoms with Crippen LogP contribution >= 0.6 is 22.9 Å². The summed E-state index contributed by atoms with van der Waals surface area (Å²) in [5.41, 5.74) is 2.39. The van der Waals surface area contributed by atoms with Crippen molar-refractivity contribution in [2.45, 2.75) is 6.54 Å². The third kappa shape index (κ3) is 3.40. The van der Waals surface area contributed by atoms with Crippen LogP contribution in [0.1, 0.15) is 15.2 Å². The first-order valence-corrected chi connectivity index (χ1v) is 9.12. The molecule has 1 aromatic carbocycles. The van der Waals surface area contributed by atoms with E-state index in [4.69, 9.17) is 11.6 Å². The van der Waals surface area contributed by atoms with Crippen molar-refractivity contribution >= 4 is 51.4 Å². The van der Waals surface area contributed by atoms with Gasteiger partial charge >= 0.3 is 0 Å². The maximum absolute atomic E-state index is 12.6. The van der Waals surface area contributed by atoms with Crippen LogP contribution in [0.4, 0.5) is 11.5 Å². The lowest BCUT2D eigenvalue weighted by Gasteiger charge is -2.09. The second kappa shape index (κ2) is 7.15. The fourth-order valence-electron chi connectivity index (χ4n) is 2.59. The second-order valence-corrected chi connectivity index (χ2v) is 6.92. The van der Waals surface area contributed by atoms with E-state index >= 15 is 0 Å². The molecule has 0 radical (unpaired) electrons. The summed E-state index contributed by atoms with van der Waals surface area (Å²) in [6.07, 6.45) is 3.28. The van der Waals surface area contributed by atoms with E-state index in [9.17, 15) is 4.79 Å². The monoisotopic (exact) mass is 383 g/mol. The normalized spacial score (nSPS) is 10.8. The highest BCUT2D eigenvalue weighted by molar-refractivity contribution is 7.12. The van der Waals surface area contributed by atoms with Gasteiger partial charge in [0.05, 0.1) is 11.1 Å². The zero-order valence-electron chi connectivity index (χ0n) is 13.5. The number of aromatic nitrogens is 3. The van der Waals surface area contributed by atoms with Crippen LogP contribution in [0.3, 0.4) is 0 Å². The fraction of sp³-hybridized carbons (Fsp3) is 0.0556. The molecule has 3 aromatic heterocycles. The third-order valence-electron chi connectivity index (χ3n) is 3.82. The van der Waals surface area contributed by atoms with Crippen LogP contribution in [0.15, 0.2) is 54.3 Å². The van der Waals surface area contributed by atoms with E-state index in [1.54, 1.807) is 12.3 Å². The molecule has 1 amide bonds. The van der Waals surface area contributed by atoms with Crippen molar-refractivity contribution in [3.05, 3.63) is 69.8 Å². The number of hydrogen-bond acceptors (Lipinski definition) is 5. The molecule has 8 heteroatoms. The van der Waals surface area contributed by atoms with E-state index in [2.05, 4.69) is 25.6 Å². The summed E-state index contributed by atoms with van der Waals surface area (Å²) in [6.45, 7) is 0.409. The molecule has 3 N–H and O–H groups in total. The molecule has 4 rings (SSSR count). The molecule has 4 aromatic rings. The third-order valence-corrected chi connectivity index (χ3v) is 4.97. The molecule has 0 aliphatic rings. The Kier molecular flexibility index (Phi) is 4.55. The van der Waals surface area contributed by atoms with Crippen LogP contribution in [0, 0.1) is 0 Å². The predicted molar refractivity (Wildman–Crippen MR) is 104 cm³/mol. The molecule has 0 spiro atoms. The summed E-state index contributed by atoms with van der Waals surface area (Å²) in [5.74, 6) is 0.500. The summed E-state index contributed by atoms with van der Waals surface area (Å²) < 4.78 is 0. The molecular weight excluding hydrogens is 370 g/mol. The number of aromatic amines is 1. The molecule has 0 bridgehead atoms. The summed E-state index contributed by atoms with van der Waals surface area (Å²) in [6, 6.07) is 11.2. The highest BCUT2D eigenvalue weighted by atomic mass is 35.5. The highest BCUT2D eigenvalue weighted by Gasteiger charge is 2.15. The molecular formula is C18H14ClN5OS. The Morgan fingerprint density at radius 3 is 3.04 bits per heavy atom. The average molecular weight is 384 g/mol. The Bertz CT molecular complexity index is 1070. The molecule has 130 valence electrons. The number of nitrogens with one attached hydrogen (secondary N) is 3. The first kappa shape index (κ1) is 16.6. The number of hydrogen-bond donors (Lipinski definition) is 3. The summed E-state index contributed by atoms with van der Waals surface area (Å²) >= 11 is 7.35. The van der Waals surface area contributed by atoms with E-state index in [0.29, 0.717) is 27.9 Å². The van der Waals surface area contributed by atoms with E-state index in [1.165, 1.54) is 17.7 Å². The van der Waals surface area contributed by atoms with Gasteiger partial charge in [-0.1, -0.05) is 23.7 Å². The minimum Gasteiger partial charge on any atom is -0.347 e. The lowest BCUT2D eigenvalue weighted by atomic mass is 10.2. The summed E-state index contributed by atoms with van der Waals surface area (Å²) in [7, 11) is 0. The van der Waals surface area contributed by atoms with E-state index in [-0.39, 0.29) is 5.91 Å². The van der Waals surface area contributed by atoms with Crippen LogP contribution in [0.2, 0.25) is 5.02 Å². The number of amides is 1. The average Bonchev–Trinajstić information content (AvgIpc) is 3.29. The molecule has 0 atom stereocenters. The summed E-state index contributed by atoms with van der Waals surface area (Å²) in [5, 5.41) is 9.53. The van der Waals surface area contributed by atoms with Crippen LogP contribution < -0.4 is 10.6 Å². The van der Waals surface area contributed by atoms with Crippen LogP contribution in [-0.2, 0) is 6.54 Å². The maximum Gasteiger partial charge on any atom is 0.263 e. The van der Waals surface area contributed by atoms with Gasteiger partial charge in [0.2, 0.25) is 0 Å². The van der Waals surface area contributed by atoms with Crippen molar-refractivity contribution in [1.29, 1.82) is 0 Å². The number of benzene rings is 1. The second-order valence-electron chi connectivity index (χ2n) is 5.56. The smallest absolute Gasteiger partial charge is 0.263 e. The van der Waals surface area contributed by atoms with Crippen LogP contribution in [-0.4, -0.2) is 20.9 Å². The van der Waals surface area contributed by atoms with Crippen molar-refractivity contribution in [2.24, 2.45) is 0 Å². The van der Waals surface area contributed by atoms with Gasteiger partial charge in [0.25, 0.3) is 5.91 Å². The zero-order valence-corrected chi connectivity index (χ0v) is 15.1. The minimum absolute atomic E-state index is 0.151.